The van der Waals surface area contributed by atoms with E-state index in [0.717, 1.165) is 0 Å². The Bertz CT molecular complexity index is 255. The van der Waals surface area contributed by atoms with Crippen molar-refractivity contribution in [3.05, 3.63) is 0 Å². The number of hydrogen-bond acceptors (Lipinski definition) is 2. The van der Waals surface area contributed by atoms with Crippen molar-refractivity contribution in [2.24, 2.45) is 5.41 Å². The maximum atomic E-state index is 13.1. The van der Waals surface area contributed by atoms with Crippen LogP contribution in [0.15, 0.2) is 0 Å². The highest BCUT2D eigenvalue weighted by molar-refractivity contribution is 9.24. The van der Waals surface area contributed by atoms with Crippen LogP contribution in [0.1, 0.15) is 26.7 Å². The summed E-state index contributed by atoms with van der Waals surface area (Å²) >= 11 is 5.97. The summed E-state index contributed by atoms with van der Waals surface area (Å²) in [7, 11) is 0. The standard InChI is InChI=1S/C10H15Br2F3O2/c1-3-16-9(17-4-2)5-8(6-9,7(11)12)10(13,14)15/h7H,3-6H2,1-2H3. The first-order valence-electron chi connectivity index (χ1n) is 5.36. The highest BCUT2D eigenvalue weighted by Crippen LogP contribution is 2.64. The molecule has 17 heavy (non-hydrogen) atoms. The van der Waals surface area contributed by atoms with E-state index in [1.807, 2.05) is 0 Å². The summed E-state index contributed by atoms with van der Waals surface area (Å²) in [4.78, 5) is 0. The number of ether oxygens (including phenoxy) is 2. The van der Waals surface area contributed by atoms with Crippen LogP contribution in [0.4, 0.5) is 13.2 Å². The minimum absolute atomic E-state index is 0.188. The Morgan fingerprint density at radius 1 is 1.12 bits per heavy atom. The number of rotatable bonds is 5. The maximum absolute atomic E-state index is 13.1. The first-order chi connectivity index (χ1) is 7.73. The molecule has 0 atom stereocenters. The molecule has 0 aliphatic heterocycles. The zero-order chi connectivity index (χ0) is 13.3. The molecule has 0 bridgehead atoms. The fourth-order valence-electron chi connectivity index (χ4n) is 2.16. The second-order valence-electron chi connectivity index (χ2n) is 4.08. The van der Waals surface area contributed by atoms with Gasteiger partial charge in [0.05, 0.1) is 9.15 Å². The highest BCUT2D eigenvalue weighted by Gasteiger charge is 2.71. The van der Waals surface area contributed by atoms with Crippen molar-refractivity contribution >= 4 is 31.9 Å². The largest absolute Gasteiger partial charge is 0.396 e. The van der Waals surface area contributed by atoms with E-state index in [4.69, 9.17) is 9.47 Å². The van der Waals surface area contributed by atoms with Crippen molar-refractivity contribution in [3.8, 4) is 0 Å². The van der Waals surface area contributed by atoms with Crippen molar-refractivity contribution in [1.82, 2.24) is 0 Å². The van der Waals surface area contributed by atoms with Gasteiger partial charge in [0.25, 0.3) is 0 Å². The molecule has 1 aliphatic carbocycles. The lowest BCUT2D eigenvalue weighted by molar-refractivity contribution is -0.370. The van der Waals surface area contributed by atoms with E-state index in [2.05, 4.69) is 31.9 Å². The summed E-state index contributed by atoms with van der Waals surface area (Å²) in [5, 5.41) is 0. The van der Waals surface area contributed by atoms with E-state index in [0.29, 0.717) is 13.2 Å². The van der Waals surface area contributed by atoms with E-state index >= 15 is 0 Å². The molecule has 1 rings (SSSR count). The third kappa shape index (κ3) is 2.82. The molecule has 0 N–H and O–H groups in total. The molecule has 0 radical (unpaired) electrons. The molecule has 1 saturated carbocycles. The first kappa shape index (κ1) is 15.7. The lowest BCUT2D eigenvalue weighted by Crippen LogP contribution is -2.63. The van der Waals surface area contributed by atoms with Gasteiger partial charge in [0.1, 0.15) is 0 Å². The van der Waals surface area contributed by atoms with Gasteiger partial charge in [-0.05, 0) is 13.8 Å². The fraction of sp³-hybridized carbons (Fsp3) is 1.00. The zero-order valence-electron chi connectivity index (χ0n) is 9.61. The monoisotopic (exact) mass is 382 g/mol. The van der Waals surface area contributed by atoms with Gasteiger partial charge in [-0.3, -0.25) is 0 Å². The molecular weight excluding hydrogens is 369 g/mol. The second kappa shape index (κ2) is 5.35. The van der Waals surface area contributed by atoms with Crippen LogP contribution in [0, 0.1) is 5.41 Å². The van der Waals surface area contributed by atoms with Gasteiger partial charge in [0.15, 0.2) is 5.79 Å². The van der Waals surface area contributed by atoms with E-state index in [1.54, 1.807) is 13.8 Å². The second-order valence-corrected chi connectivity index (χ2v) is 7.14. The van der Waals surface area contributed by atoms with Gasteiger partial charge >= 0.3 is 6.18 Å². The molecule has 0 amide bonds. The molecule has 0 unspecified atom stereocenters. The predicted octanol–water partition coefficient (Wildman–Crippen LogP) is 4.21. The van der Waals surface area contributed by atoms with Crippen LogP contribution in [-0.4, -0.2) is 28.9 Å². The summed E-state index contributed by atoms with van der Waals surface area (Å²) in [5.41, 5.74) is -1.82. The molecule has 1 fully saturated rings. The van der Waals surface area contributed by atoms with Gasteiger partial charge < -0.3 is 9.47 Å². The zero-order valence-corrected chi connectivity index (χ0v) is 12.8. The molecule has 102 valence electrons. The van der Waals surface area contributed by atoms with Crippen LogP contribution in [0.2, 0.25) is 0 Å². The maximum Gasteiger partial charge on any atom is 0.396 e. The Hall–Kier alpha value is 0.670. The van der Waals surface area contributed by atoms with Crippen molar-refractivity contribution < 1.29 is 22.6 Å². The van der Waals surface area contributed by atoms with Crippen molar-refractivity contribution in [3.63, 3.8) is 0 Å². The number of hydrogen-bond donors (Lipinski definition) is 0. The average molecular weight is 384 g/mol. The first-order valence-corrected chi connectivity index (χ1v) is 7.19. The molecule has 0 aromatic carbocycles. The molecule has 0 aromatic rings. The molecule has 0 spiro atoms. The third-order valence-electron chi connectivity index (χ3n) is 2.97. The van der Waals surface area contributed by atoms with Gasteiger partial charge in [-0.2, -0.15) is 13.2 Å². The summed E-state index contributed by atoms with van der Waals surface area (Å²) < 4.78 is 49.0. The Kier molecular flexibility index (Phi) is 4.95. The Morgan fingerprint density at radius 3 is 1.76 bits per heavy atom. The SMILES string of the molecule is CCOC1(OCC)CC(C(Br)Br)(C(F)(F)F)C1. The Labute approximate surface area is 115 Å². The van der Waals surface area contributed by atoms with Gasteiger partial charge in [-0.15, -0.1) is 0 Å². The fourth-order valence-corrected chi connectivity index (χ4v) is 3.33. The third-order valence-corrected chi connectivity index (χ3v) is 4.72. The normalized spacial score (nSPS) is 22.6. The summed E-state index contributed by atoms with van der Waals surface area (Å²) in [6, 6.07) is 0. The van der Waals surface area contributed by atoms with Crippen molar-refractivity contribution in [2.75, 3.05) is 13.2 Å². The highest BCUT2D eigenvalue weighted by atomic mass is 79.9. The Balaban J connectivity index is 2.84. The topological polar surface area (TPSA) is 18.5 Å². The van der Waals surface area contributed by atoms with Crippen molar-refractivity contribution in [1.29, 1.82) is 0 Å². The molecule has 0 heterocycles. The van der Waals surface area contributed by atoms with Crippen LogP contribution >= 0.6 is 31.9 Å². The van der Waals surface area contributed by atoms with Gasteiger partial charge in [-0.1, -0.05) is 31.9 Å². The minimum Gasteiger partial charge on any atom is -0.350 e. The van der Waals surface area contributed by atoms with E-state index in [1.165, 1.54) is 0 Å². The van der Waals surface area contributed by atoms with Crippen LogP contribution in [0.25, 0.3) is 0 Å². The van der Waals surface area contributed by atoms with Crippen LogP contribution in [0.5, 0.6) is 0 Å². The number of alkyl halides is 5. The lowest BCUT2D eigenvalue weighted by Gasteiger charge is -2.56. The summed E-state index contributed by atoms with van der Waals surface area (Å²) in [6.45, 7) is 4.16. The summed E-state index contributed by atoms with van der Waals surface area (Å²) in [5.74, 6) is -1.08. The van der Waals surface area contributed by atoms with Crippen molar-refractivity contribution in [2.45, 2.75) is 42.4 Å². The van der Waals surface area contributed by atoms with Gasteiger partial charge in [-0.25, -0.2) is 0 Å². The Morgan fingerprint density at radius 2 is 1.53 bits per heavy atom. The molecule has 7 heteroatoms. The molecule has 1 aliphatic rings. The van der Waals surface area contributed by atoms with Gasteiger partial charge in [0, 0.05) is 26.1 Å². The van der Waals surface area contributed by atoms with E-state index < -0.39 is 21.1 Å². The molecule has 2 nitrogen and oxygen atoms in total. The van der Waals surface area contributed by atoms with E-state index in [9.17, 15) is 13.2 Å². The predicted molar refractivity (Wildman–Crippen MR) is 65.3 cm³/mol. The molecule has 0 saturated heterocycles. The number of halogens is 5. The molecule has 0 aromatic heterocycles. The summed E-state index contributed by atoms with van der Waals surface area (Å²) in [6.07, 6.45) is -4.67. The smallest absolute Gasteiger partial charge is 0.350 e. The van der Waals surface area contributed by atoms with Crippen LogP contribution in [-0.2, 0) is 9.47 Å². The van der Waals surface area contributed by atoms with E-state index in [-0.39, 0.29) is 12.8 Å². The lowest BCUT2D eigenvalue weighted by atomic mass is 9.65. The van der Waals surface area contributed by atoms with Crippen LogP contribution < -0.4 is 0 Å². The van der Waals surface area contributed by atoms with Gasteiger partial charge in [0.2, 0.25) is 0 Å². The minimum atomic E-state index is -4.29. The van der Waals surface area contributed by atoms with Crippen LogP contribution in [0.3, 0.4) is 0 Å². The quantitative estimate of drug-likeness (QED) is 0.522. The molecular formula is C10H15Br2F3O2. The average Bonchev–Trinajstić information content (AvgIpc) is 2.10.